The minimum Gasteiger partial charge on any atom is -0.369 e. The maximum absolute atomic E-state index is 12.8. The van der Waals surface area contributed by atoms with Crippen molar-refractivity contribution in [3.05, 3.63) is 55.6 Å². The van der Waals surface area contributed by atoms with Gasteiger partial charge in [-0.3, -0.25) is 9.69 Å². The first-order chi connectivity index (χ1) is 12.9. The van der Waals surface area contributed by atoms with Gasteiger partial charge in [0.05, 0.1) is 6.61 Å². The number of hydrogen-bond acceptors (Lipinski definition) is 4. The van der Waals surface area contributed by atoms with Crippen LogP contribution >= 0.6 is 11.3 Å². The highest BCUT2D eigenvalue weighted by molar-refractivity contribution is 7.12. The van der Waals surface area contributed by atoms with E-state index in [1.165, 1.54) is 23.0 Å². The van der Waals surface area contributed by atoms with Crippen molar-refractivity contribution in [1.82, 2.24) is 9.88 Å². The fourth-order valence-corrected chi connectivity index (χ4v) is 5.76. The lowest BCUT2D eigenvalue weighted by Gasteiger charge is -2.47. The Hall–Kier alpha value is -1.57. The van der Waals surface area contributed by atoms with E-state index >= 15 is 0 Å². The molecule has 27 heavy (non-hydrogen) atoms. The first-order valence-corrected chi connectivity index (χ1v) is 10.2. The molecule has 1 fully saturated rings. The standard InChI is InChI=1S/C20H24F2N2O2S/c1-13-11-20(6-7-24(13)12-15-3-2-4-18(25)23-15)19-14(5-8-26-20)9-16(27-19)10-17(21)22/h2-4,9,13,17H,5-8,10-12H2,1H3,(H,23,25)/t13-,20+/m0/s1. The van der Waals surface area contributed by atoms with Crippen LogP contribution in [0.25, 0.3) is 0 Å². The van der Waals surface area contributed by atoms with E-state index in [9.17, 15) is 13.6 Å². The van der Waals surface area contributed by atoms with Crippen molar-refractivity contribution >= 4 is 11.3 Å². The minimum atomic E-state index is -2.31. The number of pyridine rings is 1. The number of alkyl halides is 2. The smallest absolute Gasteiger partial charge is 0.248 e. The molecule has 2 aliphatic heterocycles. The first kappa shape index (κ1) is 18.8. The van der Waals surface area contributed by atoms with Crippen LogP contribution in [0.3, 0.4) is 0 Å². The molecule has 0 radical (unpaired) electrons. The highest BCUT2D eigenvalue weighted by Crippen LogP contribution is 2.47. The maximum atomic E-state index is 12.8. The number of ether oxygens (including phenoxy) is 1. The van der Waals surface area contributed by atoms with Crippen LogP contribution < -0.4 is 5.56 Å². The second-order valence-corrected chi connectivity index (χ2v) is 8.71. The van der Waals surface area contributed by atoms with Crippen LogP contribution in [0.2, 0.25) is 0 Å². The molecule has 4 rings (SSSR count). The average molecular weight is 394 g/mol. The van der Waals surface area contributed by atoms with Crippen LogP contribution in [0.4, 0.5) is 8.78 Å². The van der Waals surface area contributed by atoms with E-state index < -0.39 is 6.43 Å². The highest BCUT2D eigenvalue weighted by atomic mass is 32.1. The number of likely N-dealkylation sites (tertiary alicyclic amines) is 1. The molecule has 2 aliphatic rings. The van der Waals surface area contributed by atoms with Gasteiger partial charge in [-0.2, -0.15) is 0 Å². The zero-order valence-electron chi connectivity index (χ0n) is 15.3. The molecule has 0 aliphatic carbocycles. The Morgan fingerprint density at radius 3 is 3.04 bits per heavy atom. The summed E-state index contributed by atoms with van der Waals surface area (Å²) in [6, 6.07) is 7.46. The second kappa shape index (κ2) is 7.45. The van der Waals surface area contributed by atoms with Crippen molar-refractivity contribution in [2.45, 2.75) is 57.2 Å². The van der Waals surface area contributed by atoms with Crippen molar-refractivity contribution in [2.24, 2.45) is 0 Å². The summed E-state index contributed by atoms with van der Waals surface area (Å²) in [4.78, 5) is 18.7. The van der Waals surface area contributed by atoms with Crippen LogP contribution in [0.15, 0.2) is 29.1 Å². The highest BCUT2D eigenvalue weighted by Gasteiger charge is 2.44. The van der Waals surface area contributed by atoms with Gasteiger partial charge in [-0.1, -0.05) is 6.07 Å². The number of piperidine rings is 1. The van der Waals surface area contributed by atoms with Gasteiger partial charge in [0.25, 0.3) is 0 Å². The van der Waals surface area contributed by atoms with E-state index in [0.29, 0.717) is 13.2 Å². The molecule has 1 spiro atoms. The number of aromatic amines is 1. The quantitative estimate of drug-likeness (QED) is 0.860. The Bertz CT molecular complexity index is 866. The van der Waals surface area contributed by atoms with Gasteiger partial charge in [0.2, 0.25) is 12.0 Å². The van der Waals surface area contributed by atoms with E-state index in [2.05, 4.69) is 16.8 Å². The van der Waals surface area contributed by atoms with E-state index in [0.717, 1.165) is 41.3 Å². The van der Waals surface area contributed by atoms with Crippen LogP contribution in [-0.4, -0.2) is 35.5 Å². The lowest BCUT2D eigenvalue weighted by atomic mass is 9.82. The van der Waals surface area contributed by atoms with Crippen LogP contribution in [0.5, 0.6) is 0 Å². The van der Waals surface area contributed by atoms with Crippen molar-refractivity contribution in [1.29, 1.82) is 0 Å². The normalized spacial score (nSPS) is 25.9. The van der Waals surface area contributed by atoms with Crippen molar-refractivity contribution in [3.8, 4) is 0 Å². The Labute approximate surface area is 161 Å². The van der Waals surface area contributed by atoms with Gasteiger partial charge in [-0.25, -0.2) is 8.78 Å². The van der Waals surface area contributed by atoms with Gasteiger partial charge in [0.15, 0.2) is 0 Å². The number of aromatic nitrogens is 1. The summed E-state index contributed by atoms with van der Waals surface area (Å²) >= 11 is 1.51. The summed E-state index contributed by atoms with van der Waals surface area (Å²) in [5, 5.41) is 0. The largest absolute Gasteiger partial charge is 0.369 e. The molecule has 0 unspecified atom stereocenters. The number of halogens is 2. The molecule has 1 N–H and O–H groups in total. The third-order valence-corrected chi connectivity index (χ3v) is 7.02. The molecule has 4 heterocycles. The van der Waals surface area contributed by atoms with Crippen LogP contribution in [-0.2, 0) is 29.7 Å². The summed E-state index contributed by atoms with van der Waals surface area (Å²) < 4.78 is 31.9. The molecular weight excluding hydrogens is 370 g/mol. The Kier molecular flexibility index (Phi) is 5.18. The molecule has 0 bridgehead atoms. The molecule has 0 aromatic carbocycles. The third-order valence-electron chi connectivity index (χ3n) is 5.63. The number of H-pyrrole nitrogens is 1. The molecule has 0 amide bonds. The van der Waals surface area contributed by atoms with E-state index in [1.54, 1.807) is 6.07 Å². The SMILES string of the molecule is C[C@H]1C[C@@]2(CCN1Cc1cccc(=O)[nH]1)OCCc1cc(CC(F)F)sc12. The van der Waals surface area contributed by atoms with E-state index in [-0.39, 0.29) is 23.6 Å². The van der Waals surface area contributed by atoms with Gasteiger partial charge < -0.3 is 9.72 Å². The van der Waals surface area contributed by atoms with Gasteiger partial charge in [-0.15, -0.1) is 11.3 Å². The molecule has 146 valence electrons. The maximum Gasteiger partial charge on any atom is 0.248 e. The Morgan fingerprint density at radius 1 is 1.44 bits per heavy atom. The zero-order valence-corrected chi connectivity index (χ0v) is 16.2. The van der Waals surface area contributed by atoms with E-state index in [4.69, 9.17) is 4.74 Å². The van der Waals surface area contributed by atoms with Gasteiger partial charge in [0, 0.05) is 47.1 Å². The van der Waals surface area contributed by atoms with Gasteiger partial charge in [-0.05, 0) is 43.9 Å². The molecular formula is C20H24F2N2O2S. The molecule has 0 saturated carbocycles. The number of thiophene rings is 1. The zero-order chi connectivity index (χ0) is 19.0. The fraction of sp³-hybridized carbons (Fsp3) is 0.550. The summed E-state index contributed by atoms with van der Waals surface area (Å²) in [6.45, 7) is 4.37. The average Bonchev–Trinajstić information content (AvgIpc) is 3.01. The summed E-state index contributed by atoms with van der Waals surface area (Å²) in [7, 11) is 0. The minimum absolute atomic E-state index is 0.0842. The van der Waals surface area contributed by atoms with Crippen molar-refractivity contribution < 1.29 is 13.5 Å². The number of nitrogens with zero attached hydrogens (tertiary/aromatic N) is 1. The molecule has 4 nitrogen and oxygen atoms in total. The summed E-state index contributed by atoms with van der Waals surface area (Å²) in [5.41, 5.74) is 1.67. The lowest BCUT2D eigenvalue weighted by Crippen LogP contribution is -2.50. The first-order valence-electron chi connectivity index (χ1n) is 9.42. The number of hydrogen-bond donors (Lipinski definition) is 1. The monoisotopic (exact) mass is 394 g/mol. The van der Waals surface area contributed by atoms with Gasteiger partial charge >= 0.3 is 0 Å². The number of rotatable bonds is 4. The topological polar surface area (TPSA) is 45.3 Å². The second-order valence-electron chi connectivity index (χ2n) is 7.57. The van der Waals surface area contributed by atoms with Crippen LogP contribution in [0, 0.1) is 0 Å². The predicted octanol–water partition coefficient (Wildman–Crippen LogP) is 3.70. The Morgan fingerprint density at radius 2 is 2.30 bits per heavy atom. The predicted molar refractivity (Wildman–Crippen MR) is 102 cm³/mol. The molecule has 2 atom stereocenters. The van der Waals surface area contributed by atoms with Gasteiger partial charge in [0.1, 0.15) is 5.60 Å². The molecule has 2 aromatic rings. The number of fused-ring (bicyclic) bond motifs is 2. The van der Waals surface area contributed by atoms with E-state index in [1.807, 2.05) is 12.1 Å². The summed E-state index contributed by atoms with van der Waals surface area (Å²) in [6.07, 6.45) is 0.00868. The lowest BCUT2D eigenvalue weighted by molar-refractivity contribution is -0.110. The molecule has 7 heteroatoms. The molecule has 1 saturated heterocycles. The number of nitrogens with one attached hydrogen (secondary N) is 1. The molecule has 2 aromatic heterocycles. The van der Waals surface area contributed by atoms with Crippen molar-refractivity contribution in [3.63, 3.8) is 0 Å². The van der Waals surface area contributed by atoms with Crippen molar-refractivity contribution in [2.75, 3.05) is 13.2 Å². The Balaban J connectivity index is 1.52. The third kappa shape index (κ3) is 3.86. The fourth-order valence-electron chi connectivity index (χ4n) is 4.36. The van der Waals surface area contributed by atoms with Crippen LogP contribution in [0.1, 0.15) is 40.8 Å². The summed E-state index contributed by atoms with van der Waals surface area (Å²) in [5.74, 6) is 0.